The molecule has 2 heterocycles. The van der Waals surface area contributed by atoms with E-state index in [0.29, 0.717) is 13.1 Å². The third-order valence-corrected chi connectivity index (χ3v) is 3.93. The Morgan fingerprint density at radius 3 is 2.32 bits per heavy atom. The van der Waals surface area contributed by atoms with Crippen LogP contribution in [-0.4, -0.2) is 66.3 Å². The van der Waals surface area contributed by atoms with Crippen LogP contribution in [0, 0.1) is 0 Å². The average Bonchev–Trinajstić information content (AvgIpc) is 2.97. The fourth-order valence-electron chi connectivity index (χ4n) is 2.81. The Morgan fingerprint density at radius 2 is 1.68 bits per heavy atom. The van der Waals surface area contributed by atoms with Crippen LogP contribution in [0.2, 0.25) is 0 Å². The van der Waals surface area contributed by atoms with Crippen LogP contribution in [0.25, 0.3) is 0 Å². The second kappa shape index (κ2) is 7.31. The summed E-state index contributed by atoms with van der Waals surface area (Å²) in [5.74, 6) is 0.0619. The van der Waals surface area contributed by atoms with Crippen molar-refractivity contribution in [1.29, 1.82) is 0 Å². The molecule has 0 radical (unpaired) electrons. The zero-order valence-corrected chi connectivity index (χ0v) is 14.0. The molecule has 2 aliphatic heterocycles. The fraction of sp³-hybridized carbons (Fsp3) is 0.875. The maximum absolute atomic E-state index is 12.1. The van der Waals surface area contributed by atoms with Crippen molar-refractivity contribution in [3.63, 3.8) is 0 Å². The van der Waals surface area contributed by atoms with Crippen molar-refractivity contribution in [3.05, 3.63) is 0 Å². The molecule has 22 heavy (non-hydrogen) atoms. The van der Waals surface area contributed by atoms with Crippen LogP contribution in [-0.2, 0) is 14.3 Å². The van der Waals surface area contributed by atoms with Crippen LogP contribution < -0.4 is 0 Å². The molecule has 0 aromatic rings. The number of hydrogen-bond acceptors (Lipinski definition) is 4. The summed E-state index contributed by atoms with van der Waals surface area (Å²) < 4.78 is 11.1. The molecule has 6 nitrogen and oxygen atoms in total. The quantitative estimate of drug-likeness (QED) is 0.800. The predicted molar refractivity (Wildman–Crippen MR) is 82.6 cm³/mol. The van der Waals surface area contributed by atoms with Crippen molar-refractivity contribution in [3.8, 4) is 0 Å². The normalized spacial score (nSPS) is 22.8. The van der Waals surface area contributed by atoms with Crippen LogP contribution >= 0.6 is 0 Å². The van der Waals surface area contributed by atoms with Crippen molar-refractivity contribution < 1.29 is 19.1 Å². The van der Waals surface area contributed by atoms with Gasteiger partial charge in [-0.05, 0) is 46.5 Å². The van der Waals surface area contributed by atoms with Gasteiger partial charge in [0, 0.05) is 19.6 Å². The molecule has 2 saturated heterocycles. The van der Waals surface area contributed by atoms with Crippen molar-refractivity contribution in [2.75, 3.05) is 32.8 Å². The largest absolute Gasteiger partial charge is 0.444 e. The molecule has 6 heteroatoms. The Morgan fingerprint density at radius 1 is 1.05 bits per heavy atom. The number of nitrogens with zero attached hydrogens (tertiary/aromatic N) is 2. The molecule has 0 saturated carbocycles. The molecule has 0 N–H and O–H groups in total. The predicted octanol–water partition coefficient (Wildman–Crippen LogP) is 2.02. The maximum Gasteiger partial charge on any atom is 0.410 e. The highest BCUT2D eigenvalue weighted by atomic mass is 16.6. The van der Waals surface area contributed by atoms with Crippen molar-refractivity contribution in [1.82, 2.24) is 9.80 Å². The van der Waals surface area contributed by atoms with Crippen LogP contribution in [0.15, 0.2) is 0 Å². The first-order chi connectivity index (χ1) is 10.3. The molecular weight excluding hydrogens is 284 g/mol. The molecule has 0 unspecified atom stereocenters. The minimum absolute atomic E-state index is 0.0619. The summed E-state index contributed by atoms with van der Waals surface area (Å²) in [4.78, 5) is 27.6. The average molecular weight is 312 g/mol. The minimum Gasteiger partial charge on any atom is -0.444 e. The van der Waals surface area contributed by atoms with E-state index in [2.05, 4.69) is 0 Å². The van der Waals surface area contributed by atoms with Gasteiger partial charge in [-0.15, -0.1) is 0 Å². The third kappa shape index (κ3) is 5.16. The lowest BCUT2D eigenvalue weighted by Gasteiger charge is -2.34. The highest BCUT2D eigenvalue weighted by Crippen LogP contribution is 2.17. The molecule has 0 aliphatic carbocycles. The van der Waals surface area contributed by atoms with Gasteiger partial charge in [0.15, 0.2) is 0 Å². The third-order valence-electron chi connectivity index (χ3n) is 3.93. The summed E-state index contributed by atoms with van der Waals surface area (Å²) in [5, 5.41) is 0. The molecular formula is C16H28N2O4. The smallest absolute Gasteiger partial charge is 0.410 e. The molecule has 0 aromatic carbocycles. The number of likely N-dealkylation sites (tertiary alicyclic amines) is 2. The SMILES string of the molecule is CC(C)(C)OC(=O)N1CCC[C@H](OCC(=O)N2CCCC2)C1. The number of carbonyl (C=O) groups is 2. The number of amides is 2. The highest BCUT2D eigenvalue weighted by molar-refractivity contribution is 5.77. The standard InChI is InChI=1S/C16H28N2O4/c1-16(2,3)22-15(20)18-10-6-7-13(11-18)21-12-14(19)17-8-4-5-9-17/h13H,4-12H2,1-3H3/t13-/m0/s1. The van der Waals surface area contributed by atoms with Gasteiger partial charge >= 0.3 is 6.09 Å². The topological polar surface area (TPSA) is 59.1 Å². The van der Waals surface area contributed by atoms with Gasteiger partial charge in [0.2, 0.25) is 5.91 Å². The Bertz CT molecular complexity index is 399. The summed E-state index contributed by atoms with van der Waals surface area (Å²) in [6.45, 7) is 8.57. The lowest BCUT2D eigenvalue weighted by molar-refractivity contribution is -0.138. The zero-order chi connectivity index (χ0) is 16.2. The van der Waals surface area contributed by atoms with Gasteiger partial charge in [-0.3, -0.25) is 4.79 Å². The maximum atomic E-state index is 12.1. The molecule has 2 rings (SSSR count). The van der Waals surface area contributed by atoms with Crippen molar-refractivity contribution in [2.45, 2.75) is 58.2 Å². The lowest BCUT2D eigenvalue weighted by Crippen LogP contribution is -2.46. The highest BCUT2D eigenvalue weighted by Gasteiger charge is 2.29. The van der Waals surface area contributed by atoms with Crippen LogP contribution in [0.5, 0.6) is 0 Å². The van der Waals surface area contributed by atoms with Crippen LogP contribution in [0.3, 0.4) is 0 Å². The van der Waals surface area contributed by atoms with E-state index >= 15 is 0 Å². The molecule has 2 aliphatic rings. The van der Waals surface area contributed by atoms with Crippen molar-refractivity contribution in [2.24, 2.45) is 0 Å². The summed E-state index contributed by atoms with van der Waals surface area (Å²) in [6, 6.07) is 0. The Labute approximate surface area is 132 Å². The first-order valence-electron chi connectivity index (χ1n) is 8.22. The van der Waals surface area contributed by atoms with E-state index in [1.54, 1.807) is 4.90 Å². The van der Waals surface area contributed by atoms with E-state index in [1.807, 2.05) is 25.7 Å². The first-order valence-corrected chi connectivity index (χ1v) is 8.22. The number of ether oxygens (including phenoxy) is 2. The van der Waals surface area contributed by atoms with E-state index in [1.165, 1.54) is 0 Å². The number of rotatable bonds is 3. The Kier molecular flexibility index (Phi) is 5.67. The first kappa shape index (κ1) is 17.1. The Hall–Kier alpha value is -1.30. The van der Waals surface area contributed by atoms with Gasteiger partial charge in [0.05, 0.1) is 12.6 Å². The molecule has 126 valence electrons. The van der Waals surface area contributed by atoms with E-state index in [4.69, 9.17) is 9.47 Å². The van der Waals surface area contributed by atoms with Gasteiger partial charge in [-0.2, -0.15) is 0 Å². The summed E-state index contributed by atoms with van der Waals surface area (Å²) >= 11 is 0. The zero-order valence-electron chi connectivity index (χ0n) is 14.0. The molecule has 0 bridgehead atoms. The summed E-state index contributed by atoms with van der Waals surface area (Å²) in [7, 11) is 0. The van der Waals surface area contributed by atoms with E-state index in [-0.39, 0.29) is 24.7 Å². The molecule has 0 aromatic heterocycles. The summed E-state index contributed by atoms with van der Waals surface area (Å²) in [5.41, 5.74) is -0.489. The number of piperidine rings is 1. The molecule has 2 amide bonds. The number of carbonyl (C=O) groups excluding carboxylic acids is 2. The van der Waals surface area contributed by atoms with E-state index in [9.17, 15) is 9.59 Å². The van der Waals surface area contributed by atoms with Gasteiger partial charge < -0.3 is 19.3 Å². The minimum atomic E-state index is -0.489. The Balaban J connectivity index is 1.75. The van der Waals surface area contributed by atoms with E-state index in [0.717, 1.165) is 38.8 Å². The van der Waals surface area contributed by atoms with Gasteiger partial charge in [-0.25, -0.2) is 4.79 Å². The molecule has 0 spiro atoms. The number of hydrogen-bond donors (Lipinski definition) is 0. The van der Waals surface area contributed by atoms with Crippen LogP contribution in [0.1, 0.15) is 46.5 Å². The monoisotopic (exact) mass is 312 g/mol. The van der Waals surface area contributed by atoms with Crippen molar-refractivity contribution >= 4 is 12.0 Å². The van der Waals surface area contributed by atoms with E-state index < -0.39 is 5.60 Å². The van der Waals surface area contributed by atoms with Gasteiger partial charge in [0.1, 0.15) is 12.2 Å². The summed E-state index contributed by atoms with van der Waals surface area (Å²) in [6.07, 6.45) is 3.55. The fourth-order valence-corrected chi connectivity index (χ4v) is 2.81. The lowest BCUT2D eigenvalue weighted by atomic mass is 10.1. The molecule has 2 fully saturated rings. The second-order valence-corrected chi connectivity index (χ2v) is 7.09. The van der Waals surface area contributed by atoms with Gasteiger partial charge in [-0.1, -0.05) is 0 Å². The molecule has 1 atom stereocenters. The van der Waals surface area contributed by atoms with Crippen LogP contribution in [0.4, 0.5) is 4.79 Å². The van der Waals surface area contributed by atoms with Gasteiger partial charge in [0.25, 0.3) is 0 Å². The second-order valence-electron chi connectivity index (χ2n) is 7.09.